The largest absolute Gasteiger partial charge is 0.480 e. The van der Waals surface area contributed by atoms with Crippen molar-refractivity contribution < 1.29 is 14.7 Å². The molecule has 1 heterocycles. The van der Waals surface area contributed by atoms with Gasteiger partial charge in [0.25, 0.3) is 0 Å². The fourth-order valence-electron chi connectivity index (χ4n) is 2.51. The molecule has 2 unspecified atom stereocenters. The molecule has 2 amide bonds. The number of rotatable bonds is 2. The number of carboxylic acids is 1. The zero-order valence-corrected chi connectivity index (χ0v) is 10.9. The van der Waals surface area contributed by atoms with Gasteiger partial charge in [0.2, 0.25) is 0 Å². The van der Waals surface area contributed by atoms with Crippen molar-refractivity contribution in [3.05, 3.63) is 30.3 Å². The van der Waals surface area contributed by atoms with E-state index in [-0.39, 0.29) is 11.9 Å². The standard InChI is InChI=1S/C14H18N2O3/c1-10-6-5-9-16(12(10)13(17)18)14(19)15-11-7-3-2-4-8-11/h2-4,7-8,10,12H,5-6,9H2,1H3,(H,15,19)(H,17,18). The molecule has 5 heteroatoms. The number of anilines is 1. The molecule has 102 valence electrons. The van der Waals surface area contributed by atoms with Gasteiger partial charge in [0.15, 0.2) is 0 Å². The maximum atomic E-state index is 12.2. The van der Waals surface area contributed by atoms with E-state index in [4.69, 9.17) is 0 Å². The average Bonchev–Trinajstić information content (AvgIpc) is 2.39. The van der Waals surface area contributed by atoms with E-state index in [9.17, 15) is 14.7 Å². The first-order valence-electron chi connectivity index (χ1n) is 6.45. The monoisotopic (exact) mass is 262 g/mol. The van der Waals surface area contributed by atoms with Gasteiger partial charge in [-0.3, -0.25) is 0 Å². The molecule has 2 rings (SSSR count). The van der Waals surface area contributed by atoms with Gasteiger partial charge in [0.1, 0.15) is 6.04 Å². The van der Waals surface area contributed by atoms with E-state index in [0.29, 0.717) is 12.2 Å². The number of nitrogens with zero attached hydrogens (tertiary/aromatic N) is 1. The summed E-state index contributed by atoms with van der Waals surface area (Å²) in [5, 5.41) is 12.0. The number of carbonyl (C=O) groups is 2. The van der Waals surface area contributed by atoms with Gasteiger partial charge in [0.05, 0.1) is 0 Å². The number of benzene rings is 1. The van der Waals surface area contributed by atoms with E-state index in [1.54, 1.807) is 12.1 Å². The molecular weight excluding hydrogens is 244 g/mol. The van der Waals surface area contributed by atoms with Crippen molar-refractivity contribution in [1.82, 2.24) is 4.90 Å². The van der Waals surface area contributed by atoms with Crippen molar-refractivity contribution in [3.8, 4) is 0 Å². The van der Waals surface area contributed by atoms with Crippen LogP contribution in [0.4, 0.5) is 10.5 Å². The molecule has 1 saturated heterocycles. The summed E-state index contributed by atoms with van der Waals surface area (Å²) in [6, 6.07) is 7.98. The number of para-hydroxylation sites is 1. The number of aliphatic carboxylic acids is 1. The zero-order chi connectivity index (χ0) is 13.8. The molecule has 1 aromatic rings. The highest BCUT2D eigenvalue weighted by Crippen LogP contribution is 2.24. The molecule has 1 aliphatic heterocycles. The molecule has 1 fully saturated rings. The Morgan fingerprint density at radius 2 is 2.00 bits per heavy atom. The highest BCUT2D eigenvalue weighted by Gasteiger charge is 2.36. The third kappa shape index (κ3) is 3.05. The van der Waals surface area contributed by atoms with Gasteiger partial charge in [-0.15, -0.1) is 0 Å². The van der Waals surface area contributed by atoms with Crippen LogP contribution in [0.25, 0.3) is 0 Å². The second kappa shape index (κ2) is 5.73. The van der Waals surface area contributed by atoms with Crippen LogP contribution in [0.3, 0.4) is 0 Å². The Kier molecular flexibility index (Phi) is 4.04. The molecule has 0 radical (unpaired) electrons. The van der Waals surface area contributed by atoms with Gasteiger partial charge in [0, 0.05) is 12.2 Å². The van der Waals surface area contributed by atoms with Crippen molar-refractivity contribution in [3.63, 3.8) is 0 Å². The van der Waals surface area contributed by atoms with Crippen molar-refractivity contribution in [2.45, 2.75) is 25.8 Å². The number of carboxylic acid groups (broad SMARTS) is 1. The lowest BCUT2D eigenvalue weighted by atomic mass is 9.91. The van der Waals surface area contributed by atoms with E-state index >= 15 is 0 Å². The van der Waals surface area contributed by atoms with Crippen molar-refractivity contribution in [2.75, 3.05) is 11.9 Å². The SMILES string of the molecule is CC1CCCN(C(=O)Nc2ccccc2)C1C(=O)O. The minimum absolute atomic E-state index is 0.0206. The smallest absolute Gasteiger partial charge is 0.326 e. The van der Waals surface area contributed by atoms with Crippen LogP contribution in [0.5, 0.6) is 0 Å². The minimum Gasteiger partial charge on any atom is -0.480 e. The number of likely N-dealkylation sites (tertiary alicyclic amines) is 1. The number of amides is 2. The van der Waals surface area contributed by atoms with Gasteiger partial charge in [-0.25, -0.2) is 9.59 Å². The summed E-state index contributed by atoms with van der Waals surface area (Å²) < 4.78 is 0. The third-order valence-corrected chi connectivity index (χ3v) is 3.47. The fourth-order valence-corrected chi connectivity index (χ4v) is 2.51. The number of nitrogens with one attached hydrogen (secondary N) is 1. The number of hydrogen-bond acceptors (Lipinski definition) is 2. The van der Waals surface area contributed by atoms with E-state index in [0.717, 1.165) is 12.8 Å². The molecule has 0 aliphatic carbocycles. The molecule has 19 heavy (non-hydrogen) atoms. The fraction of sp³-hybridized carbons (Fsp3) is 0.429. The molecule has 0 aromatic heterocycles. The summed E-state index contributed by atoms with van der Waals surface area (Å²) in [5.41, 5.74) is 0.676. The summed E-state index contributed by atoms with van der Waals surface area (Å²) in [5.74, 6) is -0.955. The summed E-state index contributed by atoms with van der Waals surface area (Å²) >= 11 is 0. The van der Waals surface area contributed by atoms with Crippen LogP contribution in [0.15, 0.2) is 30.3 Å². The molecule has 0 bridgehead atoms. The first-order chi connectivity index (χ1) is 9.09. The van der Waals surface area contributed by atoms with E-state index in [1.807, 2.05) is 25.1 Å². The Balaban J connectivity index is 2.10. The van der Waals surface area contributed by atoms with Gasteiger partial charge in [-0.05, 0) is 30.9 Å². The van der Waals surface area contributed by atoms with Gasteiger partial charge in [-0.1, -0.05) is 25.1 Å². The lowest BCUT2D eigenvalue weighted by Crippen LogP contribution is -2.53. The van der Waals surface area contributed by atoms with Crippen molar-refractivity contribution >= 4 is 17.7 Å². The summed E-state index contributed by atoms with van der Waals surface area (Å²) in [7, 11) is 0. The molecule has 2 N–H and O–H groups in total. The highest BCUT2D eigenvalue weighted by atomic mass is 16.4. The molecule has 0 saturated carbocycles. The normalized spacial score (nSPS) is 22.9. The lowest BCUT2D eigenvalue weighted by Gasteiger charge is -2.37. The van der Waals surface area contributed by atoms with Crippen LogP contribution >= 0.6 is 0 Å². The van der Waals surface area contributed by atoms with Gasteiger partial charge < -0.3 is 15.3 Å². The number of urea groups is 1. The Morgan fingerprint density at radius 1 is 1.32 bits per heavy atom. The molecule has 5 nitrogen and oxygen atoms in total. The van der Waals surface area contributed by atoms with Gasteiger partial charge >= 0.3 is 12.0 Å². The molecule has 1 aliphatic rings. The Labute approximate surface area is 112 Å². The topological polar surface area (TPSA) is 69.6 Å². The van der Waals surface area contributed by atoms with Gasteiger partial charge in [-0.2, -0.15) is 0 Å². The highest BCUT2D eigenvalue weighted by molar-refractivity contribution is 5.92. The van der Waals surface area contributed by atoms with Crippen LogP contribution in [0.2, 0.25) is 0 Å². The Bertz CT molecular complexity index is 461. The minimum atomic E-state index is -0.935. The summed E-state index contributed by atoms with van der Waals surface area (Å²) in [6.07, 6.45) is 1.68. The molecular formula is C14H18N2O3. The Morgan fingerprint density at radius 3 is 2.63 bits per heavy atom. The van der Waals surface area contributed by atoms with Crippen molar-refractivity contribution in [2.24, 2.45) is 5.92 Å². The first kappa shape index (κ1) is 13.4. The maximum Gasteiger partial charge on any atom is 0.326 e. The lowest BCUT2D eigenvalue weighted by molar-refractivity contribution is -0.145. The van der Waals surface area contributed by atoms with E-state index in [1.165, 1.54) is 4.90 Å². The average molecular weight is 262 g/mol. The molecule has 2 atom stereocenters. The quantitative estimate of drug-likeness (QED) is 0.859. The summed E-state index contributed by atoms with van der Waals surface area (Å²) in [4.78, 5) is 24.9. The number of piperidine rings is 1. The molecule has 1 aromatic carbocycles. The predicted octanol–water partition coefficient (Wildman–Crippen LogP) is 2.40. The predicted molar refractivity (Wildman–Crippen MR) is 72.0 cm³/mol. The van der Waals surface area contributed by atoms with Crippen LogP contribution in [0, 0.1) is 5.92 Å². The third-order valence-electron chi connectivity index (χ3n) is 3.47. The van der Waals surface area contributed by atoms with Crippen LogP contribution in [-0.4, -0.2) is 34.6 Å². The van der Waals surface area contributed by atoms with Crippen LogP contribution in [-0.2, 0) is 4.79 Å². The second-order valence-corrected chi connectivity index (χ2v) is 4.89. The first-order valence-corrected chi connectivity index (χ1v) is 6.45. The molecule has 0 spiro atoms. The number of carbonyl (C=O) groups excluding carboxylic acids is 1. The Hall–Kier alpha value is -2.04. The van der Waals surface area contributed by atoms with E-state index in [2.05, 4.69) is 5.32 Å². The zero-order valence-electron chi connectivity index (χ0n) is 10.9. The number of hydrogen-bond donors (Lipinski definition) is 2. The second-order valence-electron chi connectivity index (χ2n) is 4.89. The van der Waals surface area contributed by atoms with Crippen LogP contribution in [0.1, 0.15) is 19.8 Å². The maximum absolute atomic E-state index is 12.2. The van der Waals surface area contributed by atoms with E-state index < -0.39 is 12.0 Å². The van der Waals surface area contributed by atoms with Crippen molar-refractivity contribution in [1.29, 1.82) is 0 Å². The summed E-state index contributed by atoms with van der Waals surface area (Å²) in [6.45, 7) is 2.36. The van der Waals surface area contributed by atoms with Crippen LogP contribution < -0.4 is 5.32 Å².